The van der Waals surface area contributed by atoms with Crippen molar-refractivity contribution in [1.82, 2.24) is 15.4 Å². The van der Waals surface area contributed by atoms with Gasteiger partial charge in [-0.05, 0) is 12.1 Å². The second-order valence-electron chi connectivity index (χ2n) is 2.05. The number of hydrogen-bond donors (Lipinski definition) is 1. The number of rotatable bonds is 1. The minimum atomic E-state index is 0.563. The first-order valence-corrected chi connectivity index (χ1v) is 3.30. The molecule has 1 aromatic heterocycles. The van der Waals surface area contributed by atoms with Crippen molar-refractivity contribution in [3.8, 4) is 5.75 Å². The lowest BCUT2D eigenvalue weighted by molar-refractivity contribution is 0.620. The van der Waals surface area contributed by atoms with E-state index in [9.17, 15) is 0 Å². The van der Waals surface area contributed by atoms with Gasteiger partial charge < -0.3 is 4.29 Å². The lowest BCUT2D eigenvalue weighted by atomic mass is 10.3. The molecule has 1 heterocycles. The van der Waals surface area contributed by atoms with Crippen molar-refractivity contribution in [3.05, 3.63) is 18.2 Å². The zero-order valence-corrected chi connectivity index (χ0v) is 6.17. The second kappa shape index (κ2) is 2.39. The minimum Gasteiger partial charge on any atom is -0.386 e. The van der Waals surface area contributed by atoms with Gasteiger partial charge in [0.2, 0.25) is 0 Å². The van der Waals surface area contributed by atoms with E-state index in [1.807, 2.05) is 0 Å². The molecule has 0 fully saturated rings. The lowest BCUT2D eigenvalue weighted by Crippen LogP contribution is -1.74. The SMILES string of the molecule is ClOc1ccc2n[nH]nc2c1. The number of aromatic nitrogens is 3. The van der Waals surface area contributed by atoms with Crippen molar-refractivity contribution in [3.63, 3.8) is 0 Å². The first kappa shape index (κ1) is 6.42. The van der Waals surface area contributed by atoms with Crippen molar-refractivity contribution < 1.29 is 4.29 Å². The van der Waals surface area contributed by atoms with E-state index in [0.29, 0.717) is 5.75 Å². The number of nitrogens with zero attached hydrogens (tertiary/aromatic N) is 2. The van der Waals surface area contributed by atoms with Crippen LogP contribution in [0.1, 0.15) is 0 Å². The van der Waals surface area contributed by atoms with Gasteiger partial charge in [0.05, 0.1) is 0 Å². The van der Waals surface area contributed by atoms with Gasteiger partial charge in [0.1, 0.15) is 28.6 Å². The maximum absolute atomic E-state index is 5.14. The number of H-pyrrole nitrogens is 1. The molecule has 2 aromatic rings. The van der Waals surface area contributed by atoms with Crippen LogP contribution in [0, 0.1) is 0 Å². The van der Waals surface area contributed by atoms with Gasteiger partial charge in [0, 0.05) is 6.07 Å². The molecule has 1 aromatic carbocycles. The normalized spacial score (nSPS) is 10.3. The quantitative estimate of drug-likeness (QED) is 0.704. The number of halogens is 1. The molecular formula is C6H4ClN3O. The molecule has 0 radical (unpaired) electrons. The van der Waals surface area contributed by atoms with E-state index in [0.717, 1.165) is 11.0 Å². The molecule has 56 valence electrons. The van der Waals surface area contributed by atoms with Crippen LogP contribution in [-0.4, -0.2) is 15.4 Å². The Bertz CT molecular complexity index is 373. The van der Waals surface area contributed by atoms with Gasteiger partial charge in [0.15, 0.2) is 0 Å². The highest BCUT2D eigenvalue weighted by Crippen LogP contribution is 2.17. The highest BCUT2D eigenvalue weighted by molar-refractivity contribution is 6.09. The first-order chi connectivity index (χ1) is 5.40. The smallest absolute Gasteiger partial charge is 0.148 e. The standard InChI is InChI=1S/C6H4ClN3O/c7-11-4-1-2-5-6(3-4)9-10-8-5/h1-3H,(H,8,9,10). The Hall–Kier alpha value is -1.29. The van der Waals surface area contributed by atoms with E-state index < -0.39 is 0 Å². The molecule has 0 aliphatic heterocycles. The van der Waals surface area contributed by atoms with E-state index in [-0.39, 0.29) is 0 Å². The molecule has 4 nitrogen and oxygen atoms in total. The van der Waals surface area contributed by atoms with Gasteiger partial charge in [-0.25, -0.2) is 0 Å². The van der Waals surface area contributed by atoms with E-state index >= 15 is 0 Å². The molecule has 2 rings (SSSR count). The van der Waals surface area contributed by atoms with Crippen molar-refractivity contribution in [2.75, 3.05) is 0 Å². The fourth-order valence-corrected chi connectivity index (χ4v) is 0.964. The van der Waals surface area contributed by atoms with Crippen LogP contribution in [0.2, 0.25) is 0 Å². The van der Waals surface area contributed by atoms with Gasteiger partial charge >= 0.3 is 0 Å². The third-order valence-electron chi connectivity index (χ3n) is 1.38. The Morgan fingerprint density at radius 1 is 1.27 bits per heavy atom. The zero-order chi connectivity index (χ0) is 7.68. The molecule has 0 unspecified atom stereocenters. The predicted molar refractivity (Wildman–Crippen MR) is 40.4 cm³/mol. The summed E-state index contributed by atoms with van der Waals surface area (Å²) in [4.78, 5) is 0. The van der Waals surface area contributed by atoms with E-state index in [2.05, 4.69) is 19.7 Å². The number of benzene rings is 1. The Morgan fingerprint density at radius 3 is 2.91 bits per heavy atom. The third kappa shape index (κ3) is 1.01. The molecule has 0 aliphatic rings. The fourth-order valence-electron chi connectivity index (χ4n) is 0.868. The minimum absolute atomic E-state index is 0.563. The molecular weight excluding hydrogens is 166 g/mol. The summed E-state index contributed by atoms with van der Waals surface area (Å²) >= 11 is 5.14. The number of fused-ring (bicyclic) bond motifs is 1. The summed E-state index contributed by atoms with van der Waals surface area (Å²) < 4.78 is 4.48. The average Bonchev–Trinajstić information content (AvgIpc) is 2.50. The number of aromatic amines is 1. The third-order valence-corrected chi connectivity index (χ3v) is 1.56. The monoisotopic (exact) mass is 169 g/mol. The van der Waals surface area contributed by atoms with Crippen LogP contribution in [0.3, 0.4) is 0 Å². The first-order valence-electron chi connectivity index (χ1n) is 2.99. The van der Waals surface area contributed by atoms with Crippen LogP contribution in [0.25, 0.3) is 11.0 Å². The molecule has 5 heteroatoms. The van der Waals surface area contributed by atoms with Crippen LogP contribution >= 0.6 is 11.9 Å². The Kier molecular flexibility index (Phi) is 1.40. The predicted octanol–water partition coefficient (Wildman–Crippen LogP) is 1.49. The Morgan fingerprint density at radius 2 is 2.09 bits per heavy atom. The number of hydrogen-bond acceptors (Lipinski definition) is 3. The summed E-state index contributed by atoms with van der Waals surface area (Å²) in [5, 5.41) is 10.2. The molecule has 0 bridgehead atoms. The van der Waals surface area contributed by atoms with Crippen LogP contribution in [0.4, 0.5) is 0 Å². The van der Waals surface area contributed by atoms with Crippen LogP contribution in [0.5, 0.6) is 5.75 Å². The largest absolute Gasteiger partial charge is 0.386 e. The highest BCUT2D eigenvalue weighted by Gasteiger charge is 1.98. The van der Waals surface area contributed by atoms with Crippen LogP contribution in [-0.2, 0) is 0 Å². The van der Waals surface area contributed by atoms with Crippen LogP contribution < -0.4 is 4.29 Å². The molecule has 0 atom stereocenters. The van der Waals surface area contributed by atoms with Crippen molar-refractivity contribution in [2.45, 2.75) is 0 Å². The topological polar surface area (TPSA) is 50.8 Å². The van der Waals surface area contributed by atoms with Gasteiger partial charge in [-0.2, -0.15) is 15.4 Å². The van der Waals surface area contributed by atoms with E-state index in [1.54, 1.807) is 18.2 Å². The number of nitrogens with one attached hydrogen (secondary N) is 1. The summed E-state index contributed by atoms with van der Waals surface area (Å²) in [6.45, 7) is 0. The van der Waals surface area contributed by atoms with Crippen molar-refractivity contribution in [2.24, 2.45) is 0 Å². The average molecular weight is 170 g/mol. The summed E-state index contributed by atoms with van der Waals surface area (Å²) in [6.07, 6.45) is 0. The fraction of sp³-hybridized carbons (Fsp3) is 0. The molecule has 1 N–H and O–H groups in total. The maximum Gasteiger partial charge on any atom is 0.148 e. The summed E-state index contributed by atoms with van der Waals surface area (Å²) in [5.74, 6) is 0.563. The maximum atomic E-state index is 5.14. The summed E-state index contributed by atoms with van der Waals surface area (Å²) in [7, 11) is 0. The van der Waals surface area contributed by atoms with Gasteiger partial charge in [-0.1, -0.05) is 0 Å². The zero-order valence-electron chi connectivity index (χ0n) is 5.41. The van der Waals surface area contributed by atoms with Crippen molar-refractivity contribution in [1.29, 1.82) is 0 Å². The van der Waals surface area contributed by atoms with Crippen molar-refractivity contribution >= 4 is 22.9 Å². The Balaban J connectivity index is 2.67. The lowest BCUT2D eigenvalue weighted by Gasteiger charge is -1.91. The Labute approximate surface area is 67.3 Å². The van der Waals surface area contributed by atoms with Crippen LogP contribution in [0.15, 0.2) is 18.2 Å². The molecule has 0 saturated carbocycles. The molecule has 11 heavy (non-hydrogen) atoms. The molecule has 0 spiro atoms. The summed E-state index contributed by atoms with van der Waals surface area (Å²) in [6, 6.07) is 5.19. The van der Waals surface area contributed by atoms with Gasteiger partial charge in [-0.15, -0.1) is 0 Å². The molecule has 0 amide bonds. The van der Waals surface area contributed by atoms with E-state index in [1.165, 1.54) is 0 Å². The van der Waals surface area contributed by atoms with E-state index in [4.69, 9.17) is 11.9 Å². The van der Waals surface area contributed by atoms with Gasteiger partial charge in [-0.3, -0.25) is 0 Å². The molecule has 0 aliphatic carbocycles. The molecule has 0 saturated heterocycles. The van der Waals surface area contributed by atoms with Gasteiger partial charge in [0.25, 0.3) is 0 Å². The summed E-state index contributed by atoms with van der Waals surface area (Å²) in [5.41, 5.74) is 1.53. The highest BCUT2D eigenvalue weighted by atomic mass is 35.5. The second-order valence-corrected chi connectivity index (χ2v) is 2.21.